The van der Waals surface area contributed by atoms with Crippen LogP contribution in [0.1, 0.15) is 12.8 Å². The molecule has 1 aromatic rings. The van der Waals surface area contributed by atoms with E-state index in [2.05, 4.69) is 15.3 Å². The molecule has 1 saturated heterocycles. The first-order valence-corrected chi connectivity index (χ1v) is 7.87. The number of hydrogen-bond donors (Lipinski definition) is 1. The predicted molar refractivity (Wildman–Crippen MR) is 70.1 cm³/mol. The van der Waals surface area contributed by atoms with Crippen molar-refractivity contribution in [3.8, 4) is 0 Å². The molecule has 6 nitrogen and oxygen atoms in total. The first-order valence-electron chi connectivity index (χ1n) is 5.64. The molecule has 8 heteroatoms. The van der Waals surface area contributed by atoms with Crippen LogP contribution in [0.3, 0.4) is 0 Å². The summed E-state index contributed by atoms with van der Waals surface area (Å²) in [6.07, 6.45) is 5.80. The molecule has 1 aliphatic heterocycles. The molecular weight excluding hydrogens is 276 g/mol. The van der Waals surface area contributed by atoms with E-state index in [-0.39, 0.29) is 6.04 Å². The van der Waals surface area contributed by atoms with Crippen LogP contribution in [0.25, 0.3) is 0 Å². The summed E-state index contributed by atoms with van der Waals surface area (Å²) in [7, 11) is -3.07. The summed E-state index contributed by atoms with van der Waals surface area (Å²) < 4.78 is 24.2. The van der Waals surface area contributed by atoms with Gasteiger partial charge in [0.15, 0.2) is 0 Å². The van der Waals surface area contributed by atoms with Crippen molar-refractivity contribution < 1.29 is 8.42 Å². The fourth-order valence-electron chi connectivity index (χ4n) is 1.90. The molecule has 0 saturated carbocycles. The number of nitrogens with one attached hydrogen (secondary N) is 1. The molecular formula is C10H15ClN4O2S. The lowest BCUT2D eigenvalue weighted by Crippen LogP contribution is -2.42. The summed E-state index contributed by atoms with van der Waals surface area (Å²) in [5.74, 6) is 0.525. The van der Waals surface area contributed by atoms with E-state index < -0.39 is 10.0 Å². The number of nitrogens with zero attached hydrogens (tertiary/aromatic N) is 3. The minimum Gasteiger partial charge on any atom is -0.351 e. The fourth-order valence-corrected chi connectivity index (χ4v) is 2.87. The number of piperidine rings is 1. The van der Waals surface area contributed by atoms with E-state index in [0.29, 0.717) is 24.1 Å². The van der Waals surface area contributed by atoms with Crippen molar-refractivity contribution in [3.05, 3.63) is 17.4 Å². The maximum atomic E-state index is 11.4. The maximum absolute atomic E-state index is 11.4. The van der Waals surface area contributed by atoms with Crippen LogP contribution in [-0.4, -0.2) is 48.1 Å². The zero-order valence-corrected chi connectivity index (χ0v) is 11.6. The van der Waals surface area contributed by atoms with Crippen molar-refractivity contribution >= 4 is 27.6 Å². The van der Waals surface area contributed by atoms with Gasteiger partial charge in [-0.15, -0.1) is 0 Å². The fraction of sp³-hybridized carbons (Fsp3) is 0.600. The molecule has 0 bridgehead atoms. The Labute approximate surface area is 111 Å². The lowest BCUT2D eigenvalue weighted by molar-refractivity contribution is 0.331. The maximum Gasteiger partial charge on any atom is 0.222 e. The lowest BCUT2D eigenvalue weighted by Gasteiger charge is -2.30. The van der Waals surface area contributed by atoms with Gasteiger partial charge >= 0.3 is 0 Å². The highest BCUT2D eigenvalue weighted by Gasteiger charge is 2.24. The minimum absolute atomic E-state index is 0.198. The van der Waals surface area contributed by atoms with Crippen LogP contribution in [0, 0.1) is 0 Å². The van der Waals surface area contributed by atoms with Gasteiger partial charge < -0.3 is 5.32 Å². The highest BCUT2D eigenvalue weighted by Crippen LogP contribution is 2.16. The normalized spacial score (nSPS) is 18.8. The van der Waals surface area contributed by atoms with E-state index in [9.17, 15) is 8.42 Å². The second-order valence-corrected chi connectivity index (χ2v) is 6.72. The van der Waals surface area contributed by atoms with Gasteiger partial charge in [0.05, 0.1) is 23.7 Å². The smallest absolute Gasteiger partial charge is 0.222 e. The number of hydrogen-bond acceptors (Lipinski definition) is 5. The Hall–Kier alpha value is -0.920. The molecule has 0 atom stereocenters. The molecule has 1 aliphatic rings. The second kappa shape index (κ2) is 5.38. The van der Waals surface area contributed by atoms with Gasteiger partial charge in [-0.2, -0.15) is 0 Å². The Morgan fingerprint density at radius 2 is 1.89 bits per heavy atom. The van der Waals surface area contributed by atoms with E-state index >= 15 is 0 Å². The third kappa shape index (κ3) is 3.54. The Kier molecular flexibility index (Phi) is 4.04. The third-order valence-corrected chi connectivity index (χ3v) is 4.37. The quantitative estimate of drug-likeness (QED) is 0.898. The van der Waals surface area contributed by atoms with Crippen LogP contribution in [0.4, 0.5) is 5.95 Å². The molecule has 0 amide bonds. The highest BCUT2D eigenvalue weighted by atomic mass is 35.5. The standard InChI is InChI=1S/C10H15ClN4O2S/c1-18(16,17)15-4-2-9(3-5-15)14-10-12-6-8(11)7-13-10/h6-7,9H,2-5H2,1H3,(H,12,13,14). The average molecular weight is 291 g/mol. The van der Waals surface area contributed by atoms with E-state index in [1.165, 1.54) is 23.0 Å². The predicted octanol–water partition coefficient (Wildman–Crippen LogP) is 0.966. The van der Waals surface area contributed by atoms with Crippen molar-refractivity contribution in [2.45, 2.75) is 18.9 Å². The van der Waals surface area contributed by atoms with Gasteiger partial charge in [0, 0.05) is 19.1 Å². The van der Waals surface area contributed by atoms with Crippen LogP contribution >= 0.6 is 11.6 Å². The van der Waals surface area contributed by atoms with E-state index in [1.54, 1.807) is 0 Å². The largest absolute Gasteiger partial charge is 0.351 e. The van der Waals surface area contributed by atoms with Gasteiger partial charge in [0.2, 0.25) is 16.0 Å². The number of sulfonamides is 1. The molecule has 2 rings (SSSR count). The average Bonchev–Trinajstić information content (AvgIpc) is 2.32. The van der Waals surface area contributed by atoms with Crippen molar-refractivity contribution in [3.63, 3.8) is 0 Å². The van der Waals surface area contributed by atoms with Gasteiger partial charge in [0.1, 0.15) is 0 Å². The van der Waals surface area contributed by atoms with E-state index in [0.717, 1.165) is 12.8 Å². The molecule has 2 heterocycles. The second-order valence-electron chi connectivity index (χ2n) is 4.31. The summed E-state index contributed by atoms with van der Waals surface area (Å²) in [6, 6.07) is 0.198. The third-order valence-electron chi connectivity index (χ3n) is 2.88. The van der Waals surface area contributed by atoms with Crippen molar-refractivity contribution in [2.24, 2.45) is 0 Å². The van der Waals surface area contributed by atoms with Crippen LogP contribution in [0.2, 0.25) is 5.02 Å². The molecule has 0 aromatic carbocycles. The van der Waals surface area contributed by atoms with Crippen LogP contribution < -0.4 is 5.32 Å². The monoisotopic (exact) mass is 290 g/mol. The first-order chi connectivity index (χ1) is 8.45. The zero-order chi connectivity index (χ0) is 13.2. The molecule has 0 spiro atoms. The number of aromatic nitrogens is 2. The van der Waals surface area contributed by atoms with Gasteiger partial charge in [-0.1, -0.05) is 11.6 Å². The van der Waals surface area contributed by atoms with Crippen LogP contribution in [0.5, 0.6) is 0 Å². The van der Waals surface area contributed by atoms with Crippen molar-refractivity contribution in [1.29, 1.82) is 0 Å². The summed E-state index contributed by atoms with van der Waals surface area (Å²) in [6.45, 7) is 1.06. The summed E-state index contributed by atoms with van der Waals surface area (Å²) in [5, 5.41) is 3.67. The topological polar surface area (TPSA) is 75.2 Å². The molecule has 0 unspecified atom stereocenters. The summed E-state index contributed by atoms with van der Waals surface area (Å²) >= 11 is 5.70. The number of anilines is 1. The summed E-state index contributed by atoms with van der Waals surface area (Å²) in [4.78, 5) is 8.11. The Morgan fingerprint density at radius 1 is 1.33 bits per heavy atom. The summed E-state index contributed by atoms with van der Waals surface area (Å²) in [5.41, 5.74) is 0. The number of halogens is 1. The first kappa shape index (κ1) is 13.5. The molecule has 0 radical (unpaired) electrons. The van der Waals surface area contributed by atoms with Crippen LogP contribution in [0.15, 0.2) is 12.4 Å². The molecule has 0 aliphatic carbocycles. The van der Waals surface area contributed by atoms with Gasteiger partial charge in [-0.05, 0) is 12.8 Å². The Balaban J connectivity index is 1.89. The van der Waals surface area contributed by atoms with Crippen molar-refractivity contribution in [1.82, 2.24) is 14.3 Å². The highest BCUT2D eigenvalue weighted by molar-refractivity contribution is 7.88. The SMILES string of the molecule is CS(=O)(=O)N1CCC(Nc2ncc(Cl)cn2)CC1. The van der Waals surface area contributed by atoms with E-state index in [4.69, 9.17) is 11.6 Å². The van der Waals surface area contributed by atoms with Gasteiger partial charge in [-0.25, -0.2) is 22.7 Å². The molecule has 1 aromatic heterocycles. The van der Waals surface area contributed by atoms with Gasteiger partial charge in [-0.3, -0.25) is 0 Å². The molecule has 100 valence electrons. The zero-order valence-electron chi connectivity index (χ0n) is 10.0. The van der Waals surface area contributed by atoms with Gasteiger partial charge in [0.25, 0.3) is 0 Å². The molecule has 18 heavy (non-hydrogen) atoms. The van der Waals surface area contributed by atoms with Crippen molar-refractivity contribution in [2.75, 3.05) is 24.7 Å². The number of rotatable bonds is 3. The van der Waals surface area contributed by atoms with E-state index in [1.807, 2.05) is 0 Å². The Bertz CT molecular complexity index is 497. The molecule has 1 fully saturated rings. The minimum atomic E-state index is -3.07. The lowest BCUT2D eigenvalue weighted by atomic mass is 10.1. The van der Waals surface area contributed by atoms with Crippen LogP contribution in [-0.2, 0) is 10.0 Å². The molecule has 1 N–H and O–H groups in total. The Morgan fingerprint density at radius 3 is 2.39 bits per heavy atom.